The topological polar surface area (TPSA) is 45.8 Å². The van der Waals surface area contributed by atoms with Crippen LogP contribution in [0.4, 0.5) is 0 Å². The Hall–Kier alpha value is -2.33. The molecule has 0 aliphatic heterocycles. The van der Waals surface area contributed by atoms with Crippen LogP contribution in [0.25, 0.3) is 0 Å². The number of benzene rings is 2. The van der Waals surface area contributed by atoms with E-state index < -0.39 is 0 Å². The minimum absolute atomic E-state index is 0.116. The Bertz CT molecular complexity index is 707. The molecule has 3 nitrogen and oxygen atoms in total. The maximum Gasteiger partial charge on any atom is 0.251 e. The normalized spacial score (nSPS) is 10.5. The Morgan fingerprint density at radius 1 is 0.952 bits per heavy atom. The summed E-state index contributed by atoms with van der Waals surface area (Å²) in [6.45, 7) is 0. The molecule has 0 unspecified atom stereocenters. The molecule has 0 atom stereocenters. The monoisotopic (exact) mass is 294 g/mol. The van der Waals surface area contributed by atoms with Gasteiger partial charge < -0.3 is 4.98 Å². The number of hydrogen-bond donors (Lipinski definition) is 1. The molecule has 1 heterocycles. The van der Waals surface area contributed by atoms with Crippen LogP contribution >= 0.6 is 11.8 Å². The lowest BCUT2D eigenvalue weighted by Crippen LogP contribution is -2.10. The first kappa shape index (κ1) is 13.6. The molecule has 0 aliphatic carbocycles. The molecule has 0 fully saturated rings. The first-order chi connectivity index (χ1) is 10.3. The van der Waals surface area contributed by atoms with Crippen LogP contribution in [0, 0.1) is 0 Å². The average molecular weight is 294 g/mol. The summed E-state index contributed by atoms with van der Waals surface area (Å²) < 4.78 is 0. The third-order valence-corrected chi connectivity index (χ3v) is 3.85. The number of aromatic nitrogens is 2. The van der Waals surface area contributed by atoms with Crippen molar-refractivity contribution in [1.82, 2.24) is 9.97 Å². The first-order valence-electron chi connectivity index (χ1n) is 6.67. The molecule has 0 saturated heterocycles. The van der Waals surface area contributed by atoms with Gasteiger partial charge in [0, 0.05) is 17.4 Å². The molecule has 3 rings (SSSR count). The highest BCUT2D eigenvalue weighted by Gasteiger charge is 2.04. The Labute approximate surface area is 127 Å². The summed E-state index contributed by atoms with van der Waals surface area (Å²) in [4.78, 5) is 20.1. The molecule has 3 aromatic rings. The third-order valence-electron chi connectivity index (χ3n) is 2.96. The molecule has 0 spiro atoms. The van der Waals surface area contributed by atoms with Crippen LogP contribution in [-0.2, 0) is 6.42 Å². The van der Waals surface area contributed by atoms with Gasteiger partial charge in [0.25, 0.3) is 5.56 Å². The van der Waals surface area contributed by atoms with E-state index in [1.165, 1.54) is 11.8 Å². The summed E-state index contributed by atoms with van der Waals surface area (Å²) in [5.41, 5.74) is 1.81. The number of aromatic amines is 1. The zero-order chi connectivity index (χ0) is 14.5. The van der Waals surface area contributed by atoms with E-state index >= 15 is 0 Å². The van der Waals surface area contributed by atoms with E-state index in [0.717, 1.165) is 16.2 Å². The van der Waals surface area contributed by atoms with Crippen LogP contribution < -0.4 is 5.56 Å². The van der Waals surface area contributed by atoms with Gasteiger partial charge in [-0.2, -0.15) is 0 Å². The second-order valence-corrected chi connectivity index (χ2v) is 5.68. The van der Waals surface area contributed by atoms with Gasteiger partial charge in [-0.15, -0.1) is 0 Å². The van der Waals surface area contributed by atoms with Crippen molar-refractivity contribution in [3.63, 3.8) is 0 Å². The Kier molecular flexibility index (Phi) is 4.17. The number of nitrogens with one attached hydrogen (secondary N) is 1. The second kappa shape index (κ2) is 6.41. The van der Waals surface area contributed by atoms with E-state index in [2.05, 4.69) is 9.97 Å². The minimum Gasteiger partial charge on any atom is -0.301 e. The summed E-state index contributed by atoms with van der Waals surface area (Å²) in [5.74, 6) is 0. The van der Waals surface area contributed by atoms with Crippen molar-refractivity contribution in [2.75, 3.05) is 0 Å². The lowest BCUT2D eigenvalue weighted by Gasteiger charge is -2.04. The van der Waals surface area contributed by atoms with Gasteiger partial charge in [0.05, 0.1) is 5.69 Å². The predicted octanol–water partition coefficient (Wildman–Crippen LogP) is 3.51. The molecule has 1 aromatic heterocycles. The van der Waals surface area contributed by atoms with E-state index in [0.29, 0.717) is 11.6 Å². The number of hydrogen-bond acceptors (Lipinski definition) is 3. The molecule has 4 heteroatoms. The van der Waals surface area contributed by atoms with Crippen LogP contribution in [-0.4, -0.2) is 9.97 Å². The van der Waals surface area contributed by atoms with Gasteiger partial charge in [0.2, 0.25) is 0 Å². The van der Waals surface area contributed by atoms with Crippen LogP contribution in [0.1, 0.15) is 11.3 Å². The highest BCUT2D eigenvalue weighted by Crippen LogP contribution is 2.23. The molecule has 104 valence electrons. The Balaban J connectivity index is 1.85. The van der Waals surface area contributed by atoms with Crippen LogP contribution in [0.2, 0.25) is 0 Å². The highest BCUT2D eigenvalue weighted by molar-refractivity contribution is 7.99. The maximum atomic E-state index is 11.8. The van der Waals surface area contributed by atoms with Crippen molar-refractivity contribution in [2.24, 2.45) is 0 Å². The highest BCUT2D eigenvalue weighted by atomic mass is 32.2. The van der Waals surface area contributed by atoms with Gasteiger partial charge in [-0.25, -0.2) is 4.98 Å². The molecule has 0 bridgehead atoms. The third kappa shape index (κ3) is 3.83. The standard InChI is InChI=1S/C17H14N2OS/c20-16-12-14(11-13-7-3-1-4-8-13)18-17(19-16)21-15-9-5-2-6-10-15/h1-10,12H,11H2,(H,18,19,20). The van der Waals surface area contributed by atoms with E-state index in [1.54, 1.807) is 6.07 Å². The van der Waals surface area contributed by atoms with E-state index in [9.17, 15) is 4.79 Å². The lowest BCUT2D eigenvalue weighted by molar-refractivity contribution is 0.880. The molecular weight excluding hydrogens is 280 g/mol. The summed E-state index contributed by atoms with van der Waals surface area (Å²) in [7, 11) is 0. The number of nitrogens with zero attached hydrogens (tertiary/aromatic N) is 1. The Morgan fingerprint density at radius 3 is 2.33 bits per heavy atom. The number of rotatable bonds is 4. The SMILES string of the molecule is O=c1cc(Cc2ccccc2)nc(Sc2ccccc2)[nH]1. The Morgan fingerprint density at radius 2 is 1.62 bits per heavy atom. The van der Waals surface area contributed by atoms with Gasteiger partial charge in [-0.05, 0) is 17.7 Å². The van der Waals surface area contributed by atoms with Crippen LogP contribution in [0.15, 0.2) is 81.6 Å². The van der Waals surface area contributed by atoms with E-state index in [4.69, 9.17) is 0 Å². The fourth-order valence-electron chi connectivity index (χ4n) is 2.03. The summed E-state index contributed by atoms with van der Waals surface area (Å²) in [6.07, 6.45) is 0.660. The molecule has 1 N–H and O–H groups in total. The smallest absolute Gasteiger partial charge is 0.251 e. The molecule has 0 radical (unpaired) electrons. The van der Waals surface area contributed by atoms with Gasteiger partial charge in [-0.1, -0.05) is 60.3 Å². The zero-order valence-electron chi connectivity index (χ0n) is 11.3. The summed E-state index contributed by atoms with van der Waals surface area (Å²) in [5, 5.41) is 0.625. The van der Waals surface area contributed by atoms with Crippen molar-refractivity contribution in [3.8, 4) is 0 Å². The fraction of sp³-hybridized carbons (Fsp3) is 0.0588. The largest absolute Gasteiger partial charge is 0.301 e. The molecule has 21 heavy (non-hydrogen) atoms. The van der Waals surface area contributed by atoms with Crippen molar-refractivity contribution >= 4 is 11.8 Å². The summed E-state index contributed by atoms with van der Waals surface area (Å²) >= 11 is 1.46. The molecule has 0 amide bonds. The second-order valence-electron chi connectivity index (χ2n) is 4.62. The first-order valence-corrected chi connectivity index (χ1v) is 7.48. The van der Waals surface area contributed by atoms with Gasteiger partial charge >= 0.3 is 0 Å². The minimum atomic E-state index is -0.116. The molecular formula is C17H14N2OS. The average Bonchev–Trinajstić information content (AvgIpc) is 2.48. The molecule has 0 saturated carbocycles. The van der Waals surface area contributed by atoms with Gasteiger partial charge in [0.15, 0.2) is 5.16 Å². The van der Waals surface area contributed by atoms with Gasteiger partial charge in [0.1, 0.15) is 0 Å². The lowest BCUT2D eigenvalue weighted by atomic mass is 10.1. The van der Waals surface area contributed by atoms with Crippen molar-refractivity contribution in [3.05, 3.63) is 88.3 Å². The van der Waals surface area contributed by atoms with Gasteiger partial charge in [-0.3, -0.25) is 4.79 Å². The van der Waals surface area contributed by atoms with Crippen LogP contribution in [0.3, 0.4) is 0 Å². The summed E-state index contributed by atoms with van der Waals surface area (Å²) in [6, 6.07) is 21.5. The fourth-order valence-corrected chi connectivity index (χ4v) is 2.86. The number of H-pyrrole nitrogens is 1. The predicted molar refractivity (Wildman–Crippen MR) is 84.7 cm³/mol. The van der Waals surface area contributed by atoms with Crippen molar-refractivity contribution in [1.29, 1.82) is 0 Å². The quantitative estimate of drug-likeness (QED) is 0.749. The zero-order valence-corrected chi connectivity index (χ0v) is 12.1. The van der Waals surface area contributed by atoms with Crippen molar-refractivity contribution in [2.45, 2.75) is 16.5 Å². The van der Waals surface area contributed by atoms with Crippen LogP contribution in [0.5, 0.6) is 0 Å². The molecule has 0 aliphatic rings. The van der Waals surface area contributed by atoms with E-state index in [-0.39, 0.29) is 5.56 Å². The maximum absolute atomic E-state index is 11.8. The van der Waals surface area contributed by atoms with Crippen molar-refractivity contribution < 1.29 is 0 Å². The molecule has 2 aromatic carbocycles. The van der Waals surface area contributed by atoms with E-state index in [1.807, 2.05) is 60.7 Å².